The zero-order valence-electron chi connectivity index (χ0n) is 6.72. The summed E-state index contributed by atoms with van der Waals surface area (Å²) in [6.07, 6.45) is 0.818. The molecule has 3 nitrogen and oxygen atoms in total. The van der Waals surface area contributed by atoms with Crippen molar-refractivity contribution in [3.63, 3.8) is 0 Å². The predicted octanol–water partition coefficient (Wildman–Crippen LogP) is 0.605. The Morgan fingerprint density at radius 2 is 2.18 bits per heavy atom. The molecule has 3 N–H and O–H groups in total. The average molecular weight is 223 g/mol. The van der Waals surface area contributed by atoms with Crippen molar-refractivity contribution in [3.8, 4) is 0 Å². The van der Waals surface area contributed by atoms with Crippen LogP contribution in [-0.4, -0.2) is 19.0 Å². The van der Waals surface area contributed by atoms with Gasteiger partial charge in [-0.1, -0.05) is 6.58 Å². The summed E-state index contributed by atoms with van der Waals surface area (Å²) < 4.78 is 0. The van der Waals surface area contributed by atoms with Crippen LogP contribution in [0.5, 0.6) is 0 Å². The largest absolute Gasteiger partial charge is 0.352 e. The molecule has 1 amide bonds. The van der Waals surface area contributed by atoms with Crippen molar-refractivity contribution in [2.45, 2.75) is 13.3 Å². The summed E-state index contributed by atoms with van der Waals surface area (Å²) in [5.41, 5.74) is 5.76. The third-order valence-corrected chi connectivity index (χ3v) is 1.05. The van der Waals surface area contributed by atoms with E-state index in [9.17, 15) is 4.79 Å². The molecule has 0 aliphatic rings. The molecule has 0 rings (SSSR count). The van der Waals surface area contributed by atoms with Crippen LogP contribution >= 0.6 is 17.0 Å². The lowest BCUT2D eigenvalue weighted by Gasteiger charge is -2.01. The van der Waals surface area contributed by atoms with Gasteiger partial charge in [0, 0.05) is 12.1 Å². The molecular weight excluding hydrogens is 208 g/mol. The van der Waals surface area contributed by atoms with Crippen molar-refractivity contribution in [1.82, 2.24) is 5.32 Å². The number of carbonyl (C=O) groups is 1. The van der Waals surface area contributed by atoms with Crippen LogP contribution in [0.3, 0.4) is 0 Å². The van der Waals surface area contributed by atoms with E-state index < -0.39 is 0 Å². The lowest BCUT2D eigenvalue weighted by Crippen LogP contribution is -2.26. The molecule has 0 aromatic heterocycles. The Hall–Kier alpha value is -0.350. The third kappa shape index (κ3) is 7.55. The summed E-state index contributed by atoms with van der Waals surface area (Å²) >= 11 is 0. The van der Waals surface area contributed by atoms with Gasteiger partial charge in [0.2, 0.25) is 5.91 Å². The molecule has 0 radical (unpaired) electrons. The number of hydrogen-bond donors (Lipinski definition) is 2. The van der Waals surface area contributed by atoms with Crippen LogP contribution < -0.4 is 11.1 Å². The van der Waals surface area contributed by atoms with Gasteiger partial charge in [0.05, 0.1) is 0 Å². The fourth-order valence-electron chi connectivity index (χ4n) is 0.455. The molecule has 0 unspecified atom stereocenters. The first-order chi connectivity index (χ1) is 4.68. The zero-order valence-corrected chi connectivity index (χ0v) is 8.44. The second-order valence-electron chi connectivity index (χ2n) is 2.18. The minimum Gasteiger partial charge on any atom is -0.352 e. The van der Waals surface area contributed by atoms with Crippen molar-refractivity contribution in [2.24, 2.45) is 5.73 Å². The number of nitrogens with one attached hydrogen (secondary N) is 1. The molecule has 0 bridgehead atoms. The first-order valence-electron chi connectivity index (χ1n) is 3.32. The van der Waals surface area contributed by atoms with Crippen molar-refractivity contribution in [2.75, 3.05) is 13.1 Å². The number of nitrogens with two attached hydrogens (primary N) is 1. The molecule has 0 saturated heterocycles. The second-order valence-corrected chi connectivity index (χ2v) is 2.18. The molecule has 0 fully saturated rings. The van der Waals surface area contributed by atoms with E-state index in [4.69, 9.17) is 5.73 Å². The van der Waals surface area contributed by atoms with Gasteiger partial charge in [0.1, 0.15) is 0 Å². The van der Waals surface area contributed by atoms with E-state index in [0.717, 1.165) is 6.42 Å². The van der Waals surface area contributed by atoms with Crippen molar-refractivity contribution in [1.29, 1.82) is 0 Å². The maximum Gasteiger partial charge on any atom is 0.246 e. The van der Waals surface area contributed by atoms with Gasteiger partial charge in [-0.2, -0.15) is 0 Å². The molecule has 11 heavy (non-hydrogen) atoms. The Balaban J connectivity index is 0. The highest BCUT2D eigenvalue weighted by Gasteiger charge is 1.97. The van der Waals surface area contributed by atoms with Crippen LogP contribution in [0.2, 0.25) is 0 Å². The van der Waals surface area contributed by atoms with E-state index in [0.29, 0.717) is 18.7 Å². The maximum atomic E-state index is 10.8. The fraction of sp³-hybridized carbons (Fsp3) is 0.571. The summed E-state index contributed by atoms with van der Waals surface area (Å²) in [5, 5.41) is 2.66. The molecule has 66 valence electrons. The summed E-state index contributed by atoms with van der Waals surface area (Å²) in [6.45, 7) is 6.42. The average Bonchev–Trinajstić information content (AvgIpc) is 1.88. The summed E-state index contributed by atoms with van der Waals surface area (Å²) in [7, 11) is 0. The Morgan fingerprint density at radius 1 is 1.64 bits per heavy atom. The standard InChI is InChI=1S/C7H14N2O.BrH/c1-6(2)7(10)9-5-3-4-8;/h1,3-5,8H2,2H3,(H,9,10);1H. The second kappa shape index (κ2) is 7.75. The molecule has 4 heteroatoms. The highest BCUT2D eigenvalue weighted by atomic mass is 79.9. The smallest absolute Gasteiger partial charge is 0.246 e. The quantitative estimate of drug-likeness (QED) is 0.541. The van der Waals surface area contributed by atoms with Crippen molar-refractivity contribution >= 4 is 22.9 Å². The molecular formula is C7H15BrN2O. The minimum absolute atomic E-state index is 0. The third-order valence-electron chi connectivity index (χ3n) is 1.05. The van der Waals surface area contributed by atoms with Gasteiger partial charge in [0.25, 0.3) is 0 Å². The molecule has 0 heterocycles. The van der Waals surface area contributed by atoms with Gasteiger partial charge in [-0.05, 0) is 19.9 Å². The van der Waals surface area contributed by atoms with Gasteiger partial charge < -0.3 is 11.1 Å². The van der Waals surface area contributed by atoms with E-state index in [2.05, 4.69) is 11.9 Å². The number of carbonyl (C=O) groups excluding carboxylic acids is 1. The number of hydrogen-bond acceptors (Lipinski definition) is 2. The van der Waals surface area contributed by atoms with E-state index in [1.807, 2.05) is 0 Å². The maximum absolute atomic E-state index is 10.8. The monoisotopic (exact) mass is 222 g/mol. The van der Waals surface area contributed by atoms with Gasteiger partial charge in [0.15, 0.2) is 0 Å². The first kappa shape index (κ1) is 13.3. The molecule has 0 spiro atoms. The molecule has 0 aliphatic carbocycles. The van der Waals surface area contributed by atoms with Crippen LogP contribution in [-0.2, 0) is 4.79 Å². The summed E-state index contributed by atoms with van der Waals surface area (Å²) in [6, 6.07) is 0. The van der Waals surface area contributed by atoms with Crippen LogP contribution in [0.15, 0.2) is 12.2 Å². The van der Waals surface area contributed by atoms with E-state index in [1.165, 1.54) is 0 Å². The van der Waals surface area contributed by atoms with E-state index in [-0.39, 0.29) is 22.9 Å². The topological polar surface area (TPSA) is 55.1 Å². The molecule has 0 aliphatic heterocycles. The fourth-order valence-corrected chi connectivity index (χ4v) is 0.455. The SMILES string of the molecule is Br.C=C(C)C(=O)NCCCN. The van der Waals surface area contributed by atoms with Gasteiger partial charge >= 0.3 is 0 Å². The van der Waals surface area contributed by atoms with Crippen LogP contribution in [0.25, 0.3) is 0 Å². The molecule has 0 aromatic rings. The van der Waals surface area contributed by atoms with Gasteiger partial charge in [-0.15, -0.1) is 17.0 Å². The molecule has 0 saturated carbocycles. The highest BCUT2D eigenvalue weighted by Crippen LogP contribution is 1.84. The van der Waals surface area contributed by atoms with E-state index >= 15 is 0 Å². The highest BCUT2D eigenvalue weighted by molar-refractivity contribution is 8.93. The predicted molar refractivity (Wildman–Crippen MR) is 51.8 cm³/mol. The van der Waals surface area contributed by atoms with Crippen molar-refractivity contribution in [3.05, 3.63) is 12.2 Å². The molecule has 0 aromatic carbocycles. The molecule has 0 atom stereocenters. The Morgan fingerprint density at radius 3 is 2.55 bits per heavy atom. The van der Waals surface area contributed by atoms with Crippen molar-refractivity contribution < 1.29 is 4.79 Å². The van der Waals surface area contributed by atoms with Crippen LogP contribution in [0.4, 0.5) is 0 Å². The summed E-state index contributed by atoms with van der Waals surface area (Å²) in [5.74, 6) is -0.0894. The lowest BCUT2D eigenvalue weighted by molar-refractivity contribution is -0.117. The van der Waals surface area contributed by atoms with Crippen LogP contribution in [0.1, 0.15) is 13.3 Å². The minimum atomic E-state index is -0.0894. The van der Waals surface area contributed by atoms with Gasteiger partial charge in [-0.25, -0.2) is 0 Å². The Bertz CT molecular complexity index is 136. The van der Waals surface area contributed by atoms with E-state index in [1.54, 1.807) is 6.92 Å². The lowest BCUT2D eigenvalue weighted by atomic mass is 10.3. The number of halogens is 1. The zero-order chi connectivity index (χ0) is 7.98. The van der Waals surface area contributed by atoms with Crippen LogP contribution in [0, 0.1) is 0 Å². The number of rotatable bonds is 4. The summed E-state index contributed by atoms with van der Waals surface area (Å²) in [4.78, 5) is 10.8. The first-order valence-corrected chi connectivity index (χ1v) is 3.32. The normalized spacial score (nSPS) is 8.18. The number of amides is 1. The Labute approximate surface area is 77.8 Å². The Kier molecular flexibility index (Phi) is 9.34. The van der Waals surface area contributed by atoms with Gasteiger partial charge in [-0.3, -0.25) is 4.79 Å².